The molecule has 5 rings (SSSR count). The van der Waals surface area contributed by atoms with E-state index in [4.69, 9.17) is 19.6 Å². The molecule has 0 amide bonds. The maximum absolute atomic E-state index is 11.9. The molecule has 2 aromatic carbocycles. The number of sulfonamides is 1. The number of nitrogens with two attached hydrogens (primary N) is 1. The SMILES string of the molecule is COCCOc1ccc(Nc2c(Br)cnc3[nH]c(-c4cc(C)n(-c5cccc(S(N)(=O)=O)c5)c4C)nc23)cc1. The summed E-state index contributed by atoms with van der Waals surface area (Å²) in [5.74, 6) is 1.39. The van der Waals surface area contributed by atoms with E-state index < -0.39 is 10.0 Å². The minimum absolute atomic E-state index is 0.0529. The molecule has 0 aliphatic rings. The van der Waals surface area contributed by atoms with Crippen molar-refractivity contribution in [3.8, 4) is 22.8 Å². The number of nitrogens with one attached hydrogen (secondary N) is 2. The molecule has 5 aromatic rings. The van der Waals surface area contributed by atoms with Crippen molar-refractivity contribution >= 4 is 48.5 Å². The Hall–Kier alpha value is -3.71. The molecule has 39 heavy (non-hydrogen) atoms. The molecule has 12 heteroatoms. The predicted octanol–water partition coefficient (Wildman–Crippen LogP) is 5.21. The summed E-state index contributed by atoms with van der Waals surface area (Å²) >= 11 is 3.60. The summed E-state index contributed by atoms with van der Waals surface area (Å²) in [6.45, 7) is 4.91. The smallest absolute Gasteiger partial charge is 0.238 e. The van der Waals surface area contributed by atoms with Gasteiger partial charge in [0, 0.05) is 41.6 Å². The molecule has 3 aromatic heterocycles. The Labute approximate surface area is 234 Å². The number of hydrogen-bond acceptors (Lipinski definition) is 7. The zero-order valence-electron chi connectivity index (χ0n) is 21.5. The van der Waals surface area contributed by atoms with E-state index in [1.807, 2.05) is 54.8 Å². The van der Waals surface area contributed by atoms with Gasteiger partial charge in [-0.1, -0.05) is 6.07 Å². The first-order valence-electron chi connectivity index (χ1n) is 12.0. The number of ether oxygens (including phenoxy) is 2. The van der Waals surface area contributed by atoms with Crippen LogP contribution < -0.4 is 15.2 Å². The summed E-state index contributed by atoms with van der Waals surface area (Å²) in [4.78, 5) is 12.8. The molecule has 0 bridgehead atoms. The Morgan fingerprint density at radius 2 is 1.87 bits per heavy atom. The standard InChI is InChI=1S/C27H27BrN6O4S/c1-16-13-22(17(2)34(16)19-5-4-6-21(14-19)39(29,35)36)26-32-25-24(23(28)15-30-27(25)33-26)31-18-7-9-20(10-8-18)38-12-11-37-3/h4-10,13-15H,11-12H2,1-3H3,(H2,29,35,36)(H2,30,31,32,33). The lowest BCUT2D eigenvalue weighted by atomic mass is 10.2. The van der Waals surface area contributed by atoms with Crippen LogP contribution in [-0.4, -0.2) is 48.3 Å². The second-order valence-electron chi connectivity index (χ2n) is 8.92. The van der Waals surface area contributed by atoms with E-state index >= 15 is 0 Å². The Bertz CT molecular complexity index is 1760. The molecular formula is C27H27BrN6O4S. The summed E-state index contributed by atoms with van der Waals surface area (Å²) < 4.78 is 37.2. The quantitative estimate of drug-likeness (QED) is 0.195. The van der Waals surface area contributed by atoms with Gasteiger partial charge in [0.15, 0.2) is 5.65 Å². The Balaban J connectivity index is 1.49. The molecule has 3 heterocycles. The summed E-state index contributed by atoms with van der Waals surface area (Å²) in [7, 11) is -2.19. The largest absolute Gasteiger partial charge is 0.491 e. The maximum atomic E-state index is 11.9. The zero-order valence-corrected chi connectivity index (χ0v) is 23.9. The van der Waals surface area contributed by atoms with Crippen molar-refractivity contribution < 1.29 is 17.9 Å². The number of rotatable bonds is 9. The lowest BCUT2D eigenvalue weighted by Crippen LogP contribution is -2.12. The zero-order chi connectivity index (χ0) is 27.7. The van der Waals surface area contributed by atoms with Crippen LogP contribution in [0.15, 0.2) is 70.2 Å². The van der Waals surface area contributed by atoms with Crippen molar-refractivity contribution in [3.05, 3.63) is 76.7 Å². The van der Waals surface area contributed by atoms with Gasteiger partial charge in [0.1, 0.15) is 23.7 Å². The van der Waals surface area contributed by atoms with Crippen LogP contribution >= 0.6 is 15.9 Å². The van der Waals surface area contributed by atoms with Gasteiger partial charge < -0.3 is 24.3 Å². The summed E-state index contributed by atoms with van der Waals surface area (Å²) in [5, 5.41) is 8.78. The maximum Gasteiger partial charge on any atom is 0.238 e. The van der Waals surface area contributed by atoms with Crippen molar-refractivity contribution in [2.75, 3.05) is 25.6 Å². The Morgan fingerprint density at radius 3 is 2.59 bits per heavy atom. The van der Waals surface area contributed by atoms with Crippen LogP contribution in [0.4, 0.5) is 11.4 Å². The number of aromatic amines is 1. The average Bonchev–Trinajstić information content (AvgIpc) is 3.46. The highest BCUT2D eigenvalue weighted by atomic mass is 79.9. The summed E-state index contributed by atoms with van der Waals surface area (Å²) in [6.07, 6.45) is 1.72. The van der Waals surface area contributed by atoms with Gasteiger partial charge in [-0.25, -0.2) is 23.5 Å². The van der Waals surface area contributed by atoms with Gasteiger partial charge in [-0.15, -0.1) is 0 Å². The molecule has 0 saturated heterocycles. The molecule has 0 atom stereocenters. The van der Waals surface area contributed by atoms with E-state index in [0.717, 1.165) is 38.5 Å². The molecule has 4 N–H and O–H groups in total. The molecule has 202 valence electrons. The number of anilines is 2. The van der Waals surface area contributed by atoms with Crippen LogP contribution in [0.2, 0.25) is 0 Å². The first kappa shape index (κ1) is 26.9. The molecule has 0 spiro atoms. The molecular weight excluding hydrogens is 584 g/mol. The third kappa shape index (κ3) is 5.55. The number of primary sulfonamides is 1. The molecule has 0 saturated carbocycles. The third-order valence-electron chi connectivity index (χ3n) is 6.24. The summed E-state index contributed by atoms with van der Waals surface area (Å²) in [6, 6.07) is 16.2. The number of halogens is 1. The number of pyridine rings is 1. The first-order chi connectivity index (χ1) is 18.7. The van der Waals surface area contributed by atoms with Gasteiger partial charge in [-0.05, 0) is 78.3 Å². The molecule has 0 aliphatic carbocycles. The van der Waals surface area contributed by atoms with E-state index in [0.29, 0.717) is 35.9 Å². The summed E-state index contributed by atoms with van der Waals surface area (Å²) in [5.41, 5.74) is 6.27. The molecule has 0 unspecified atom stereocenters. The van der Waals surface area contributed by atoms with Crippen LogP contribution in [0.3, 0.4) is 0 Å². The first-order valence-corrected chi connectivity index (χ1v) is 14.3. The van der Waals surface area contributed by atoms with E-state index in [2.05, 4.69) is 31.2 Å². The Kier molecular flexibility index (Phi) is 7.45. The number of benzene rings is 2. The fourth-order valence-electron chi connectivity index (χ4n) is 4.40. The highest BCUT2D eigenvalue weighted by molar-refractivity contribution is 9.10. The highest BCUT2D eigenvalue weighted by Gasteiger charge is 2.19. The number of aromatic nitrogens is 4. The topological polar surface area (TPSA) is 137 Å². The minimum atomic E-state index is -3.83. The molecule has 0 radical (unpaired) electrons. The average molecular weight is 612 g/mol. The second-order valence-corrected chi connectivity index (χ2v) is 11.3. The number of aryl methyl sites for hydroxylation is 1. The number of nitrogens with zero attached hydrogens (tertiary/aromatic N) is 3. The van der Waals surface area contributed by atoms with E-state index in [1.54, 1.807) is 25.4 Å². The number of fused-ring (bicyclic) bond motifs is 1. The van der Waals surface area contributed by atoms with E-state index in [1.165, 1.54) is 6.07 Å². The van der Waals surface area contributed by atoms with Gasteiger partial charge in [0.25, 0.3) is 0 Å². The monoisotopic (exact) mass is 610 g/mol. The van der Waals surface area contributed by atoms with Crippen LogP contribution in [-0.2, 0) is 14.8 Å². The van der Waals surface area contributed by atoms with Crippen molar-refractivity contribution in [2.45, 2.75) is 18.7 Å². The molecule has 0 fully saturated rings. The van der Waals surface area contributed by atoms with Crippen molar-refractivity contribution in [2.24, 2.45) is 5.14 Å². The van der Waals surface area contributed by atoms with Gasteiger partial charge in [-0.3, -0.25) is 0 Å². The minimum Gasteiger partial charge on any atom is -0.491 e. The molecule has 0 aliphatic heterocycles. The molecule has 10 nitrogen and oxygen atoms in total. The van der Waals surface area contributed by atoms with Gasteiger partial charge in [-0.2, -0.15) is 0 Å². The van der Waals surface area contributed by atoms with Crippen molar-refractivity contribution in [1.29, 1.82) is 0 Å². The Morgan fingerprint density at radius 1 is 1.10 bits per heavy atom. The van der Waals surface area contributed by atoms with Crippen LogP contribution in [0.1, 0.15) is 11.4 Å². The van der Waals surface area contributed by atoms with Crippen LogP contribution in [0, 0.1) is 13.8 Å². The predicted molar refractivity (Wildman–Crippen MR) is 154 cm³/mol. The van der Waals surface area contributed by atoms with Gasteiger partial charge >= 0.3 is 0 Å². The van der Waals surface area contributed by atoms with Gasteiger partial charge in [0.2, 0.25) is 10.0 Å². The lowest BCUT2D eigenvalue weighted by molar-refractivity contribution is 0.146. The van der Waals surface area contributed by atoms with Gasteiger partial charge in [0.05, 0.1) is 21.7 Å². The highest BCUT2D eigenvalue weighted by Crippen LogP contribution is 2.35. The van der Waals surface area contributed by atoms with Crippen molar-refractivity contribution in [3.63, 3.8) is 0 Å². The van der Waals surface area contributed by atoms with Crippen LogP contribution in [0.25, 0.3) is 28.2 Å². The fourth-order valence-corrected chi connectivity index (χ4v) is 5.34. The van der Waals surface area contributed by atoms with E-state index in [9.17, 15) is 8.42 Å². The third-order valence-corrected chi connectivity index (χ3v) is 7.75. The number of methoxy groups -OCH3 is 1. The van der Waals surface area contributed by atoms with Crippen LogP contribution in [0.5, 0.6) is 5.75 Å². The second kappa shape index (κ2) is 10.8. The fraction of sp³-hybridized carbons (Fsp3) is 0.185. The number of hydrogen-bond donors (Lipinski definition) is 3. The number of H-pyrrole nitrogens is 1. The lowest BCUT2D eigenvalue weighted by Gasteiger charge is -2.11. The normalized spacial score (nSPS) is 11.7. The van der Waals surface area contributed by atoms with E-state index in [-0.39, 0.29) is 4.90 Å². The van der Waals surface area contributed by atoms with Crippen molar-refractivity contribution in [1.82, 2.24) is 19.5 Å². The number of imidazole rings is 1.